The first-order valence-electron chi connectivity index (χ1n) is 5.61. The van der Waals surface area contributed by atoms with Crippen LogP contribution in [-0.2, 0) is 4.43 Å². The van der Waals surface area contributed by atoms with E-state index in [2.05, 4.69) is 33.9 Å². The van der Waals surface area contributed by atoms with Gasteiger partial charge in [0.1, 0.15) is 6.10 Å². The molecule has 1 aliphatic rings. The van der Waals surface area contributed by atoms with Gasteiger partial charge in [-0.3, -0.25) is 0 Å². The highest BCUT2D eigenvalue weighted by Crippen LogP contribution is 2.38. The fourth-order valence-corrected chi connectivity index (χ4v) is 2.81. The third-order valence-corrected chi connectivity index (χ3v) is 8.18. The van der Waals surface area contributed by atoms with Crippen LogP contribution in [0.2, 0.25) is 18.1 Å². The predicted octanol–water partition coefficient (Wildman–Crippen LogP) is 2.75. The Kier molecular flexibility index (Phi) is 3.31. The van der Waals surface area contributed by atoms with Crippen LogP contribution in [0.4, 0.5) is 0 Å². The Morgan fingerprint density at radius 2 is 1.93 bits per heavy atom. The third kappa shape index (κ3) is 2.61. The summed E-state index contributed by atoms with van der Waals surface area (Å²) in [6, 6.07) is 0. The lowest BCUT2D eigenvalue weighted by atomic mass is 10.2. The molecule has 0 amide bonds. The van der Waals surface area contributed by atoms with Crippen LogP contribution in [0.3, 0.4) is 0 Å². The van der Waals surface area contributed by atoms with Gasteiger partial charge in [-0.1, -0.05) is 20.8 Å². The van der Waals surface area contributed by atoms with Crippen molar-refractivity contribution >= 4 is 14.0 Å². The molecular weight excluding hydrogens is 206 g/mol. The number of nitrogens with zero attached hydrogens (tertiary/aromatic N) is 1. The number of hydrogen-bond acceptors (Lipinski definition) is 2. The summed E-state index contributed by atoms with van der Waals surface area (Å²) >= 11 is 0. The highest BCUT2D eigenvalue weighted by molar-refractivity contribution is 6.74. The predicted molar refractivity (Wildman–Crippen MR) is 65.9 cm³/mol. The van der Waals surface area contributed by atoms with Crippen LogP contribution in [0.15, 0.2) is 0 Å². The first-order valence-corrected chi connectivity index (χ1v) is 8.52. The van der Waals surface area contributed by atoms with Gasteiger partial charge in [-0.15, -0.1) is 0 Å². The molecule has 0 aromatic heterocycles. The quantitative estimate of drug-likeness (QED) is 0.414. The molecule has 0 aromatic carbocycles. The molecule has 0 unspecified atom stereocenters. The Hall–Kier alpha value is -0.353. The lowest BCUT2D eigenvalue weighted by molar-refractivity contribution is -0.448. The average molecular weight is 229 g/mol. The van der Waals surface area contributed by atoms with Crippen molar-refractivity contribution in [2.75, 3.05) is 6.54 Å². The summed E-state index contributed by atoms with van der Waals surface area (Å²) in [5.41, 5.74) is 0.847. The largest absolute Gasteiger partial charge is 0.624 e. The van der Waals surface area contributed by atoms with Gasteiger partial charge in [0.2, 0.25) is 0 Å². The molecule has 3 nitrogen and oxygen atoms in total. The van der Waals surface area contributed by atoms with E-state index in [0.717, 1.165) is 16.9 Å². The zero-order valence-electron chi connectivity index (χ0n) is 10.8. The Balaban J connectivity index is 2.72. The Labute approximate surface area is 93.9 Å². The zero-order chi connectivity index (χ0) is 11.9. The van der Waals surface area contributed by atoms with Gasteiger partial charge in [0.15, 0.2) is 20.6 Å². The van der Waals surface area contributed by atoms with Gasteiger partial charge < -0.3 is 9.63 Å². The number of rotatable bonds is 2. The monoisotopic (exact) mass is 229 g/mol. The smallest absolute Gasteiger partial charge is 0.193 e. The average Bonchev–Trinajstić information content (AvgIpc) is 2.33. The molecule has 0 saturated carbocycles. The summed E-state index contributed by atoms with van der Waals surface area (Å²) < 4.78 is 7.27. The van der Waals surface area contributed by atoms with E-state index < -0.39 is 8.32 Å². The lowest BCUT2D eigenvalue weighted by Crippen LogP contribution is -2.45. The van der Waals surface area contributed by atoms with Crippen molar-refractivity contribution in [3.8, 4) is 0 Å². The van der Waals surface area contributed by atoms with E-state index in [9.17, 15) is 5.21 Å². The van der Waals surface area contributed by atoms with Crippen molar-refractivity contribution < 1.29 is 9.16 Å². The normalized spacial score (nSPS) is 23.7. The summed E-state index contributed by atoms with van der Waals surface area (Å²) in [6.07, 6.45) is 0.908. The van der Waals surface area contributed by atoms with Gasteiger partial charge >= 0.3 is 0 Å². The van der Waals surface area contributed by atoms with E-state index in [-0.39, 0.29) is 11.1 Å². The van der Waals surface area contributed by atoms with E-state index in [4.69, 9.17) is 4.43 Å². The maximum atomic E-state index is 11.3. The molecule has 1 aliphatic heterocycles. The van der Waals surface area contributed by atoms with Gasteiger partial charge in [0.05, 0.1) is 0 Å². The molecule has 0 fully saturated rings. The number of hydrogen-bond donors (Lipinski definition) is 0. The van der Waals surface area contributed by atoms with Gasteiger partial charge in [0.25, 0.3) is 0 Å². The third-order valence-electron chi connectivity index (χ3n) is 3.70. The lowest BCUT2D eigenvalue weighted by Gasteiger charge is -2.37. The zero-order valence-corrected chi connectivity index (χ0v) is 11.8. The first kappa shape index (κ1) is 12.7. The van der Waals surface area contributed by atoms with E-state index in [1.54, 1.807) is 0 Å². The Morgan fingerprint density at radius 3 is 2.27 bits per heavy atom. The molecule has 1 heterocycles. The maximum Gasteiger partial charge on any atom is 0.193 e. The summed E-state index contributed by atoms with van der Waals surface area (Å²) in [6.45, 7) is 13.6. The molecule has 15 heavy (non-hydrogen) atoms. The molecule has 0 spiro atoms. The molecule has 0 aliphatic carbocycles. The molecule has 88 valence electrons. The molecule has 0 aromatic rings. The molecule has 0 N–H and O–H groups in total. The van der Waals surface area contributed by atoms with Crippen LogP contribution in [-0.4, -0.2) is 31.4 Å². The van der Waals surface area contributed by atoms with Crippen LogP contribution >= 0.6 is 0 Å². The highest BCUT2D eigenvalue weighted by Gasteiger charge is 2.42. The minimum Gasteiger partial charge on any atom is -0.624 e. The number of hydroxylamine groups is 1. The second-order valence-electron chi connectivity index (χ2n) is 5.90. The van der Waals surface area contributed by atoms with Gasteiger partial charge in [-0.25, -0.2) is 4.74 Å². The van der Waals surface area contributed by atoms with Crippen molar-refractivity contribution in [3.63, 3.8) is 0 Å². The Morgan fingerprint density at radius 1 is 1.40 bits per heavy atom. The standard InChI is InChI=1S/C11H23NO2Si/c1-9-10(7-8-12(9)13)14-15(5,6)11(2,3)4/h10H,7-8H2,1-6H3/t10-/m0/s1. The van der Waals surface area contributed by atoms with E-state index in [1.807, 2.05) is 6.92 Å². The van der Waals surface area contributed by atoms with Crippen LogP contribution in [0.25, 0.3) is 0 Å². The highest BCUT2D eigenvalue weighted by atomic mass is 28.4. The van der Waals surface area contributed by atoms with Gasteiger partial charge in [-0.05, 0) is 18.1 Å². The summed E-state index contributed by atoms with van der Waals surface area (Å²) in [7, 11) is -1.73. The van der Waals surface area contributed by atoms with Crippen molar-refractivity contribution in [1.29, 1.82) is 0 Å². The van der Waals surface area contributed by atoms with Crippen molar-refractivity contribution in [3.05, 3.63) is 5.21 Å². The van der Waals surface area contributed by atoms with E-state index in [1.165, 1.54) is 0 Å². The van der Waals surface area contributed by atoms with Crippen LogP contribution in [0, 0.1) is 5.21 Å². The van der Waals surface area contributed by atoms with E-state index >= 15 is 0 Å². The maximum absolute atomic E-state index is 11.3. The van der Waals surface area contributed by atoms with Crippen LogP contribution < -0.4 is 0 Å². The second kappa shape index (κ2) is 3.90. The van der Waals surface area contributed by atoms with Gasteiger partial charge in [0, 0.05) is 13.3 Å². The van der Waals surface area contributed by atoms with E-state index in [0.29, 0.717) is 6.54 Å². The van der Waals surface area contributed by atoms with Crippen molar-refractivity contribution in [2.45, 2.75) is 58.4 Å². The molecular formula is C11H23NO2Si. The molecule has 0 radical (unpaired) electrons. The second-order valence-corrected chi connectivity index (χ2v) is 10.7. The molecule has 1 rings (SSSR count). The summed E-state index contributed by atoms with van der Waals surface area (Å²) in [4.78, 5) is 0. The topological polar surface area (TPSA) is 35.3 Å². The Bertz CT molecular complexity index is 279. The SMILES string of the molecule is CC1=[N+]([O-])CC[C@@H]1O[Si](C)(C)C(C)(C)C. The summed E-state index contributed by atoms with van der Waals surface area (Å²) in [5, 5.41) is 11.5. The minimum absolute atomic E-state index is 0.0587. The van der Waals surface area contributed by atoms with Crippen molar-refractivity contribution in [2.24, 2.45) is 0 Å². The van der Waals surface area contributed by atoms with Gasteiger partial charge in [-0.2, -0.15) is 0 Å². The fraction of sp³-hybridized carbons (Fsp3) is 0.909. The summed E-state index contributed by atoms with van der Waals surface area (Å²) in [5.74, 6) is 0. The molecule has 0 bridgehead atoms. The van der Waals surface area contributed by atoms with Crippen LogP contribution in [0.5, 0.6) is 0 Å². The molecule has 4 heteroatoms. The van der Waals surface area contributed by atoms with Crippen molar-refractivity contribution in [1.82, 2.24) is 0 Å². The first-order chi connectivity index (χ1) is 6.65. The molecule has 0 saturated heterocycles. The molecule has 1 atom stereocenters. The fourth-order valence-electron chi connectivity index (χ4n) is 1.46. The minimum atomic E-state index is -1.73. The van der Waals surface area contributed by atoms with Crippen LogP contribution in [0.1, 0.15) is 34.1 Å².